The highest BCUT2D eigenvalue weighted by Crippen LogP contribution is 2.32. The van der Waals surface area contributed by atoms with E-state index >= 15 is 0 Å². The number of nitriles is 1. The van der Waals surface area contributed by atoms with Crippen molar-refractivity contribution in [3.63, 3.8) is 0 Å². The maximum absolute atomic E-state index is 10.0. The van der Waals surface area contributed by atoms with E-state index in [0.717, 1.165) is 24.1 Å². The minimum Gasteiger partial charge on any atom is -0.507 e. The molecule has 0 saturated heterocycles. The van der Waals surface area contributed by atoms with Gasteiger partial charge in [-0.15, -0.1) is 0 Å². The third kappa shape index (κ3) is 2.52. The Kier molecular flexibility index (Phi) is 3.77. The van der Waals surface area contributed by atoms with Crippen LogP contribution in [0, 0.1) is 11.3 Å². The molecule has 3 rings (SSSR count). The van der Waals surface area contributed by atoms with Gasteiger partial charge in [0.1, 0.15) is 23.2 Å². The Bertz CT molecular complexity index is 790. The maximum atomic E-state index is 10.0. The number of rotatable bonds is 2. The van der Waals surface area contributed by atoms with Crippen molar-refractivity contribution < 1.29 is 5.11 Å². The van der Waals surface area contributed by atoms with Crippen molar-refractivity contribution in [3.05, 3.63) is 47.5 Å². The summed E-state index contributed by atoms with van der Waals surface area (Å²) in [6, 6.07) is 10.9. The van der Waals surface area contributed by atoms with Gasteiger partial charge in [-0.3, -0.25) is 0 Å². The summed E-state index contributed by atoms with van der Waals surface area (Å²) in [6.07, 6.45) is 3.02. The van der Waals surface area contributed by atoms with E-state index in [1.807, 2.05) is 12.1 Å². The zero-order valence-electron chi connectivity index (χ0n) is 12.0. The number of phenols is 1. The summed E-state index contributed by atoms with van der Waals surface area (Å²) in [5.41, 5.74) is 9.33. The molecule has 0 fully saturated rings. The number of phenolic OH excluding ortho intramolecular Hbond substituents is 1. The highest BCUT2D eigenvalue weighted by molar-refractivity contribution is 5.80. The molecule has 5 nitrogen and oxygen atoms in total. The van der Waals surface area contributed by atoms with Gasteiger partial charge in [-0.05, 0) is 36.7 Å². The van der Waals surface area contributed by atoms with Crippen molar-refractivity contribution in [2.75, 3.05) is 18.8 Å². The molecule has 1 aromatic carbocycles. The normalized spacial score (nSPS) is 14.2. The smallest absolute Gasteiger partial charge is 0.142 e. The lowest BCUT2D eigenvalue weighted by Crippen LogP contribution is -2.22. The van der Waals surface area contributed by atoms with Crippen LogP contribution in [0.15, 0.2) is 36.4 Å². The van der Waals surface area contributed by atoms with Crippen molar-refractivity contribution in [2.45, 2.75) is 6.42 Å². The molecule has 1 aliphatic rings. The summed E-state index contributed by atoms with van der Waals surface area (Å²) in [4.78, 5) is 4.28. The summed E-state index contributed by atoms with van der Waals surface area (Å²) in [5.74, 6) is 0.325. The first-order chi connectivity index (χ1) is 10.7. The van der Waals surface area contributed by atoms with E-state index in [0.29, 0.717) is 23.4 Å². The van der Waals surface area contributed by atoms with Crippen molar-refractivity contribution in [2.24, 2.45) is 0 Å². The Hall–Kier alpha value is -2.84. The largest absolute Gasteiger partial charge is 0.507 e. The van der Waals surface area contributed by atoms with Crippen LogP contribution < -0.4 is 11.1 Å². The van der Waals surface area contributed by atoms with Crippen molar-refractivity contribution in [1.29, 1.82) is 5.26 Å². The van der Waals surface area contributed by atoms with Crippen molar-refractivity contribution >= 4 is 11.4 Å². The predicted octanol–water partition coefficient (Wildman–Crippen LogP) is 2.28. The minimum atomic E-state index is 0.140. The average Bonchev–Trinajstić information content (AvgIpc) is 2.55. The highest BCUT2D eigenvalue weighted by atomic mass is 16.3. The number of nitrogen functional groups attached to an aromatic ring is 1. The molecular formula is C17H16N4O. The second kappa shape index (κ2) is 5.88. The standard InChI is InChI=1S/C17H16N4O/c18-9-14-13(11-4-3-7-20-10-11)8-15(21-17(14)19)12-5-1-2-6-16(12)22/h1-2,4-6,8,20,22H,3,7,10H2,(H2,19,21). The number of nitrogens with one attached hydrogen (secondary N) is 1. The highest BCUT2D eigenvalue weighted by Gasteiger charge is 2.17. The van der Waals surface area contributed by atoms with Crippen LogP contribution in [0.5, 0.6) is 5.75 Å². The minimum absolute atomic E-state index is 0.140. The van der Waals surface area contributed by atoms with E-state index in [2.05, 4.69) is 22.4 Å². The fourth-order valence-electron chi connectivity index (χ4n) is 2.61. The molecule has 22 heavy (non-hydrogen) atoms. The fraction of sp³-hybridized carbons (Fsp3) is 0.176. The Morgan fingerprint density at radius 3 is 2.77 bits per heavy atom. The lowest BCUT2D eigenvalue weighted by molar-refractivity contribution is 0.477. The molecule has 1 aromatic heterocycles. The molecule has 0 aliphatic carbocycles. The van der Waals surface area contributed by atoms with Gasteiger partial charge in [0, 0.05) is 17.7 Å². The number of anilines is 1. The molecular weight excluding hydrogens is 276 g/mol. The molecule has 0 bridgehead atoms. The Balaban J connectivity index is 2.19. The van der Waals surface area contributed by atoms with Crippen LogP contribution in [-0.2, 0) is 0 Å². The summed E-state index contributed by atoms with van der Waals surface area (Å²) in [6.45, 7) is 1.62. The lowest BCUT2D eigenvalue weighted by atomic mass is 9.96. The number of nitrogens with zero attached hydrogens (tertiary/aromatic N) is 2. The van der Waals surface area contributed by atoms with Crippen LogP contribution in [0.1, 0.15) is 17.5 Å². The number of benzene rings is 1. The molecule has 0 saturated carbocycles. The van der Waals surface area contributed by atoms with Gasteiger partial charge in [-0.1, -0.05) is 18.2 Å². The summed E-state index contributed by atoms with van der Waals surface area (Å²) < 4.78 is 0. The molecule has 2 heterocycles. The van der Waals surface area contributed by atoms with E-state index in [9.17, 15) is 10.4 Å². The molecule has 5 heteroatoms. The quantitative estimate of drug-likeness (QED) is 0.789. The van der Waals surface area contributed by atoms with Crippen LogP contribution in [0.3, 0.4) is 0 Å². The van der Waals surface area contributed by atoms with Crippen LogP contribution in [0.4, 0.5) is 5.82 Å². The summed E-state index contributed by atoms with van der Waals surface area (Å²) in [5, 5.41) is 22.7. The molecule has 0 spiro atoms. The van der Waals surface area contributed by atoms with Crippen LogP contribution in [0.25, 0.3) is 16.8 Å². The third-order valence-corrected chi connectivity index (χ3v) is 3.71. The predicted molar refractivity (Wildman–Crippen MR) is 85.9 cm³/mol. The van der Waals surface area contributed by atoms with Gasteiger partial charge in [-0.2, -0.15) is 5.26 Å². The van der Waals surface area contributed by atoms with E-state index in [1.54, 1.807) is 18.2 Å². The fourth-order valence-corrected chi connectivity index (χ4v) is 2.61. The van der Waals surface area contributed by atoms with E-state index in [4.69, 9.17) is 5.73 Å². The summed E-state index contributed by atoms with van der Waals surface area (Å²) in [7, 11) is 0. The maximum Gasteiger partial charge on any atom is 0.142 e. The van der Waals surface area contributed by atoms with Gasteiger partial charge >= 0.3 is 0 Å². The Morgan fingerprint density at radius 1 is 1.27 bits per heavy atom. The second-order valence-electron chi connectivity index (χ2n) is 5.14. The lowest BCUT2D eigenvalue weighted by Gasteiger charge is -2.17. The number of hydrogen-bond donors (Lipinski definition) is 3. The first kappa shape index (κ1) is 14.1. The van der Waals surface area contributed by atoms with E-state index in [-0.39, 0.29) is 11.6 Å². The zero-order chi connectivity index (χ0) is 15.5. The van der Waals surface area contributed by atoms with Gasteiger partial charge in [0.25, 0.3) is 0 Å². The number of hydrogen-bond acceptors (Lipinski definition) is 5. The van der Waals surface area contributed by atoms with Gasteiger partial charge in [0.05, 0.1) is 5.69 Å². The first-order valence-corrected chi connectivity index (χ1v) is 7.10. The van der Waals surface area contributed by atoms with E-state index < -0.39 is 0 Å². The number of pyridine rings is 1. The van der Waals surface area contributed by atoms with Gasteiger partial charge in [-0.25, -0.2) is 4.98 Å². The first-order valence-electron chi connectivity index (χ1n) is 7.10. The van der Waals surface area contributed by atoms with Crippen LogP contribution in [-0.4, -0.2) is 23.2 Å². The van der Waals surface area contributed by atoms with Crippen molar-refractivity contribution in [1.82, 2.24) is 10.3 Å². The Labute approximate surface area is 128 Å². The molecule has 0 radical (unpaired) electrons. The molecule has 110 valence electrons. The molecule has 0 unspecified atom stereocenters. The molecule has 2 aromatic rings. The monoisotopic (exact) mass is 292 g/mol. The molecule has 1 aliphatic heterocycles. The SMILES string of the molecule is N#Cc1c(C2=CCCNC2)cc(-c2ccccc2O)nc1N. The van der Waals surface area contributed by atoms with Crippen LogP contribution >= 0.6 is 0 Å². The molecule has 0 atom stereocenters. The van der Waals surface area contributed by atoms with Gasteiger partial charge in [0.15, 0.2) is 0 Å². The number of nitrogens with two attached hydrogens (primary N) is 1. The number of aromatic nitrogens is 1. The summed E-state index contributed by atoms with van der Waals surface area (Å²) >= 11 is 0. The van der Waals surface area contributed by atoms with Gasteiger partial charge in [0.2, 0.25) is 0 Å². The zero-order valence-corrected chi connectivity index (χ0v) is 12.0. The number of aromatic hydroxyl groups is 1. The number of para-hydroxylation sites is 1. The molecule has 0 amide bonds. The van der Waals surface area contributed by atoms with Crippen LogP contribution in [0.2, 0.25) is 0 Å². The van der Waals surface area contributed by atoms with Gasteiger partial charge < -0.3 is 16.2 Å². The van der Waals surface area contributed by atoms with Crippen molar-refractivity contribution in [3.8, 4) is 23.1 Å². The molecule has 4 N–H and O–H groups in total. The topological polar surface area (TPSA) is 95.0 Å². The Morgan fingerprint density at radius 2 is 2.09 bits per heavy atom. The second-order valence-corrected chi connectivity index (χ2v) is 5.14. The third-order valence-electron chi connectivity index (χ3n) is 3.71. The average molecular weight is 292 g/mol. The van der Waals surface area contributed by atoms with E-state index in [1.165, 1.54) is 0 Å².